The number of aliphatic carboxylic acids is 1. The molecule has 6 nitrogen and oxygen atoms in total. The molecule has 0 radical (unpaired) electrons. The Morgan fingerprint density at radius 3 is 2.50 bits per heavy atom. The van der Waals surface area contributed by atoms with Crippen molar-refractivity contribution in [3.05, 3.63) is 0 Å². The molecule has 6 heteroatoms. The van der Waals surface area contributed by atoms with Gasteiger partial charge >= 0.3 is 12.0 Å². The first-order chi connectivity index (χ1) is 8.56. The van der Waals surface area contributed by atoms with Gasteiger partial charge in [-0.2, -0.15) is 0 Å². The van der Waals surface area contributed by atoms with E-state index in [1.54, 1.807) is 7.11 Å². The second-order valence-electron chi connectivity index (χ2n) is 4.72. The molecule has 1 saturated carbocycles. The van der Waals surface area contributed by atoms with E-state index in [-0.39, 0.29) is 24.5 Å². The number of nitrogens with one attached hydrogen (secondary N) is 2. The van der Waals surface area contributed by atoms with Gasteiger partial charge < -0.3 is 20.5 Å². The van der Waals surface area contributed by atoms with Crippen molar-refractivity contribution in [1.29, 1.82) is 0 Å². The van der Waals surface area contributed by atoms with Crippen molar-refractivity contribution in [1.82, 2.24) is 10.6 Å². The maximum Gasteiger partial charge on any atom is 0.315 e. The molecular weight excluding hydrogens is 236 g/mol. The van der Waals surface area contributed by atoms with Crippen LogP contribution in [0.5, 0.6) is 0 Å². The lowest BCUT2D eigenvalue weighted by Gasteiger charge is -2.20. The highest BCUT2D eigenvalue weighted by Gasteiger charge is 2.33. The van der Waals surface area contributed by atoms with Gasteiger partial charge in [-0.3, -0.25) is 4.79 Å². The molecule has 1 rings (SSSR count). The molecule has 0 aromatic rings. The fraction of sp³-hybridized carbons (Fsp3) is 0.833. The quantitative estimate of drug-likeness (QED) is 0.605. The zero-order valence-electron chi connectivity index (χ0n) is 10.9. The van der Waals surface area contributed by atoms with Gasteiger partial charge in [-0.15, -0.1) is 0 Å². The van der Waals surface area contributed by atoms with Crippen LogP contribution in [0.2, 0.25) is 0 Å². The first-order valence-electron chi connectivity index (χ1n) is 6.34. The molecule has 0 spiro atoms. The standard InChI is InChI=1S/C12H22N2O4/c1-3-9(7-18-2)13-12(17)14-10(6-11(15)16)8-4-5-8/h8-10H,3-7H2,1-2H3,(H,15,16)(H2,13,14,17). The molecule has 2 atom stereocenters. The summed E-state index contributed by atoms with van der Waals surface area (Å²) in [5, 5.41) is 14.3. The van der Waals surface area contributed by atoms with Crippen LogP contribution in [0.25, 0.3) is 0 Å². The highest BCUT2D eigenvalue weighted by Crippen LogP contribution is 2.33. The van der Waals surface area contributed by atoms with E-state index in [1.165, 1.54) is 0 Å². The van der Waals surface area contributed by atoms with E-state index in [9.17, 15) is 9.59 Å². The van der Waals surface area contributed by atoms with Crippen LogP contribution in [0.4, 0.5) is 4.79 Å². The van der Waals surface area contributed by atoms with Gasteiger partial charge in [0.15, 0.2) is 0 Å². The summed E-state index contributed by atoms with van der Waals surface area (Å²) in [5.74, 6) is -0.564. The molecule has 2 amide bonds. The minimum atomic E-state index is -0.879. The van der Waals surface area contributed by atoms with Gasteiger partial charge in [0.1, 0.15) is 0 Å². The fourth-order valence-electron chi connectivity index (χ4n) is 1.88. The molecule has 1 aliphatic carbocycles. The van der Waals surface area contributed by atoms with Crippen molar-refractivity contribution >= 4 is 12.0 Å². The number of rotatable bonds is 8. The monoisotopic (exact) mass is 258 g/mol. The van der Waals surface area contributed by atoms with E-state index in [4.69, 9.17) is 9.84 Å². The van der Waals surface area contributed by atoms with Crippen LogP contribution >= 0.6 is 0 Å². The number of amides is 2. The predicted molar refractivity (Wildman–Crippen MR) is 66.4 cm³/mol. The Morgan fingerprint density at radius 2 is 2.06 bits per heavy atom. The Hall–Kier alpha value is -1.30. The van der Waals surface area contributed by atoms with Crippen molar-refractivity contribution in [3.63, 3.8) is 0 Å². The number of hydrogen-bond donors (Lipinski definition) is 3. The Balaban J connectivity index is 2.37. The fourth-order valence-corrected chi connectivity index (χ4v) is 1.88. The van der Waals surface area contributed by atoms with Gasteiger partial charge in [0, 0.05) is 13.2 Å². The third-order valence-electron chi connectivity index (χ3n) is 3.10. The topological polar surface area (TPSA) is 87.7 Å². The molecule has 0 aliphatic heterocycles. The molecule has 18 heavy (non-hydrogen) atoms. The smallest absolute Gasteiger partial charge is 0.315 e. The van der Waals surface area contributed by atoms with Crippen molar-refractivity contribution < 1.29 is 19.4 Å². The van der Waals surface area contributed by atoms with E-state index in [1.807, 2.05) is 6.92 Å². The molecule has 0 aromatic carbocycles. The van der Waals surface area contributed by atoms with Crippen LogP contribution in [-0.2, 0) is 9.53 Å². The van der Waals surface area contributed by atoms with Crippen LogP contribution in [0, 0.1) is 5.92 Å². The maximum absolute atomic E-state index is 11.7. The highest BCUT2D eigenvalue weighted by molar-refractivity contribution is 5.76. The molecule has 0 aromatic heterocycles. The van der Waals surface area contributed by atoms with E-state index < -0.39 is 5.97 Å². The van der Waals surface area contributed by atoms with Crippen molar-refractivity contribution in [2.75, 3.05) is 13.7 Å². The number of hydrogen-bond acceptors (Lipinski definition) is 3. The third-order valence-corrected chi connectivity index (χ3v) is 3.10. The SMILES string of the molecule is CCC(COC)NC(=O)NC(CC(=O)O)C1CC1. The Bertz CT molecular complexity index is 292. The first kappa shape index (κ1) is 14.8. The number of methoxy groups -OCH3 is 1. The molecule has 0 saturated heterocycles. The summed E-state index contributed by atoms with van der Waals surface area (Å²) in [4.78, 5) is 22.5. The number of urea groups is 1. The number of carbonyl (C=O) groups excluding carboxylic acids is 1. The van der Waals surface area contributed by atoms with Crippen molar-refractivity contribution in [2.45, 2.75) is 44.7 Å². The second kappa shape index (κ2) is 7.20. The molecular formula is C12H22N2O4. The molecule has 0 bridgehead atoms. The van der Waals surface area contributed by atoms with E-state index >= 15 is 0 Å². The van der Waals surface area contributed by atoms with E-state index in [2.05, 4.69) is 10.6 Å². The number of ether oxygens (including phenoxy) is 1. The van der Waals surface area contributed by atoms with E-state index in [0.29, 0.717) is 12.5 Å². The van der Waals surface area contributed by atoms with Gasteiger partial charge in [-0.25, -0.2) is 4.79 Å². The molecule has 3 N–H and O–H groups in total. The molecule has 1 aliphatic rings. The zero-order valence-corrected chi connectivity index (χ0v) is 10.9. The second-order valence-corrected chi connectivity index (χ2v) is 4.72. The number of carboxylic acids is 1. The predicted octanol–water partition coefficient (Wildman–Crippen LogP) is 0.964. The van der Waals surface area contributed by atoms with E-state index in [0.717, 1.165) is 19.3 Å². The Labute approximate surface area is 107 Å². The molecule has 2 unspecified atom stereocenters. The van der Waals surface area contributed by atoms with Gasteiger partial charge in [0.05, 0.1) is 19.1 Å². The summed E-state index contributed by atoms with van der Waals surface area (Å²) < 4.78 is 4.99. The summed E-state index contributed by atoms with van der Waals surface area (Å²) in [7, 11) is 1.58. The van der Waals surface area contributed by atoms with Crippen molar-refractivity contribution in [3.8, 4) is 0 Å². The number of carbonyl (C=O) groups is 2. The van der Waals surface area contributed by atoms with Crippen LogP contribution in [-0.4, -0.2) is 42.9 Å². The summed E-state index contributed by atoms with van der Waals surface area (Å²) in [5.41, 5.74) is 0. The molecule has 0 heterocycles. The lowest BCUT2D eigenvalue weighted by Crippen LogP contribution is -2.48. The lowest BCUT2D eigenvalue weighted by molar-refractivity contribution is -0.137. The number of carboxylic acid groups (broad SMARTS) is 1. The summed E-state index contributed by atoms with van der Waals surface area (Å²) in [6.45, 7) is 2.41. The highest BCUT2D eigenvalue weighted by atomic mass is 16.5. The maximum atomic E-state index is 11.7. The van der Waals surface area contributed by atoms with Gasteiger partial charge in [-0.1, -0.05) is 6.92 Å². The summed E-state index contributed by atoms with van der Waals surface area (Å²) in [6.07, 6.45) is 2.74. The lowest BCUT2D eigenvalue weighted by atomic mass is 10.1. The first-order valence-corrected chi connectivity index (χ1v) is 6.34. The third kappa shape index (κ3) is 5.35. The van der Waals surface area contributed by atoms with Crippen LogP contribution < -0.4 is 10.6 Å². The summed E-state index contributed by atoms with van der Waals surface area (Å²) >= 11 is 0. The Morgan fingerprint density at radius 1 is 1.39 bits per heavy atom. The van der Waals surface area contributed by atoms with Gasteiger partial charge in [0.25, 0.3) is 0 Å². The molecule has 104 valence electrons. The zero-order chi connectivity index (χ0) is 13.5. The van der Waals surface area contributed by atoms with Gasteiger partial charge in [-0.05, 0) is 25.2 Å². The largest absolute Gasteiger partial charge is 0.481 e. The van der Waals surface area contributed by atoms with Crippen LogP contribution in [0.15, 0.2) is 0 Å². The van der Waals surface area contributed by atoms with Crippen LogP contribution in [0.1, 0.15) is 32.6 Å². The Kier molecular flexibility index (Phi) is 5.91. The average molecular weight is 258 g/mol. The van der Waals surface area contributed by atoms with Gasteiger partial charge in [0.2, 0.25) is 0 Å². The molecule has 1 fully saturated rings. The van der Waals surface area contributed by atoms with Crippen molar-refractivity contribution in [2.24, 2.45) is 5.92 Å². The normalized spacial score (nSPS) is 17.9. The van der Waals surface area contributed by atoms with Crippen LogP contribution in [0.3, 0.4) is 0 Å². The minimum absolute atomic E-state index is 0.0147. The summed E-state index contributed by atoms with van der Waals surface area (Å²) in [6, 6.07) is -0.612. The average Bonchev–Trinajstić information content (AvgIpc) is 3.10. The minimum Gasteiger partial charge on any atom is -0.481 e.